The molecule has 3 fully saturated rings. The number of amides is 2. The zero-order valence-corrected chi connectivity index (χ0v) is 18.5. The van der Waals surface area contributed by atoms with Crippen LogP contribution < -0.4 is 10.4 Å². The number of hydrogen-bond donors (Lipinski definition) is 4. The van der Waals surface area contributed by atoms with E-state index in [4.69, 9.17) is 13.9 Å². The second kappa shape index (κ2) is 8.60. The van der Waals surface area contributed by atoms with Crippen molar-refractivity contribution in [2.24, 2.45) is 23.7 Å². The smallest absolute Gasteiger partial charge is 0.461 e. The van der Waals surface area contributed by atoms with Crippen LogP contribution in [0.25, 0.3) is 0 Å². The van der Waals surface area contributed by atoms with Crippen LogP contribution in [0, 0.1) is 23.7 Å². The fourth-order valence-electron chi connectivity index (χ4n) is 5.78. The number of carbonyl (C=O) groups is 2. The van der Waals surface area contributed by atoms with Gasteiger partial charge in [0.2, 0.25) is 11.8 Å². The van der Waals surface area contributed by atoms with Gasteiger partial charge in [-0.05, 0) is 42.6 Å². The highest BCUT2D eigenvalue weighted by Gasteiger charge is 2.67. The maximum Gasteiger partial charge on any atom is 0.488 e. The number of ether oxygens (including phenoxy) is 2. The molecule has 5 rings (SSSR count). The predicted octanol–water partition coefficient (Wildman–Crippen LogP) is -0.310. The molecule has 0 bridgehead atoms. The summed E-state index contributed by atoms with van der Waals surface area (Å²) >= 11 is 0. The van der Waals surface area contributed by atoms with Gasteiger partial charge in [-0.3, -0.25) is 14.5 Å². The number of furan rings is 1. The Morgan fingerprint density at radius 2 is 1.97 bits per heavy atom. The first-order chi connectivity index (χ1) is 16.3. The van der Waals surface area contributed by atoms with Crippen LogP contribution in [0.15, 0.2) is 40.8 Å². The van der Waals surface area contributed by atoms with Gasteiger partial charge in [-0.1, -0.05) is 12.1 Å². The summed E-state index contributed by atoms with van der Waals surface area (Å²) in [5.74, 6) is -4.50. The molecule has 0 radical (unpaired) electrons. The van der Waals surface area contributed by atoms with Crippen molar-refractivity contribution in [3.63, 3.8) is 0 Å². The van der Waals surface area contributed by atoms with E-state index < -0.39 is 54.5 Å². The van der Waals surface area contributed by atoms with Crippen LogP contribution in [0.2, 0.25) is 0 Å². The first-order valence-corrected chi connectivity index (χ1v) is 11.2. The summed E-state index contributed by atoms with van der Waals surface area (Å²) in [7, 11) is -0.247. The van der Waals surface area contributed by atoms with Gasteiger partial charge in [-0.2, -0.15) is 0 Å². The Labute approximate surface area is 195 Å². The van der Waals surface area contributed by atoms with Crippen molar-refractivity contribution < 1.29 is 43.7 Å². The van der Waals surface area contributed by atoms with E-state index in [0.29, 0.717) is 11.5 Å². The third-order valence-corrected chi connectivity index (χ3v) is 7.31. The van der Waals surface area contributed by atoms with Crippen LogP contribution in [0.1, 0.15) is 30.5 Å². The molecule has 3 heterocycles. The largest absolute Gasteiger partial charge is 0.488 e. The Morgan fingerprint density at radius 1 is 1.18 bits per heavy atom. The molecule has 0 unspecified atom stereocenters. The van der Waals surface area contributed by atoms with E-state index in [1.54, 1.807) is 24.3 Å². The van der Waals surface area contributed by atoms with Crippen molar-refractivity contribution >= 4 is 30.1 Å². The van der Waals surface area contributed by atoms with Crippen LogP contribution in [0.5, 0.6) is 0 Å². The summed E-state index contributed by atoms with van der Waals surface area (Å²) in [4.78, 5) is 28.1. The van der Waals surface area contributed by atoms with Crippen LogP contribution in [0.3, 0.4) is 0 Å². The maximum absolute atomic E-state index is 13.6. The van der Waals surface area contributed by atoms with E-state index >= 15 is 0 Å². The molecule has 1 aromatic carbocycles. The summed E-state index contributed by atoms with van der Waals surface area (Å²) in [6.45, 7) is -0.141. The molecule has 11 heteroatoms. The normalized spacial score (nSPS) is 32.7. The Hall–Kier alpha value is -2.54. The molecular weight excluding hydrogens is 445 g/mol. The van der Waals surface area contributed by atoms with Gasteiger partial charge in [0.25, 0.3) is 0 Å². The van der Waals surface area contributed by atoms with E-state index in [9.17, 15) is 29.9 Å². The van der Waals surface area contributed by atoms with Gasteiger partial charge in [0.05, 0.1) is 24.1 Å². The Morgan fingerprint density at radius 3 is 2.65 bits per heavy atom. The van der Waals surface area contributed by atoms with Crippen LogP contribution in [-0.4, -0.2) is 58.7 Å². The lowest BCUT2D eigenvalue weighted by atomic mass is 9.64. The van der Waals surface area contributed by atoms with E-state index in [0.717, 1.165) is 4.90 Å². The van der Waals surface area contributed by atoms with Crippen LogP contribution >= 0.6 is 0 Å². The molecule has 1 aliphatic carbocycles. The summed E-state index contributed by atoms with van der Waals surface area (Å²) in [5.41, 5.74) is 0.402. The molecule has 4 N–H and O–H groups in total. The van der Waals surface area contributed by atoms with E-state index in [-0.39, 0.29) is 37.2 Å². The molecule has 2 aliphatic heterocycles. The third kappa shape index (κ3) is 3.51. The molecule has 34 heavy (non-hydrogen) atoms. The summed E-state index contributed by atoms with van der Waals surface area (Å²) in [5, 5.41) is 40.0. The Bertz CT molecular complexity index is 1100. The Kier molecular flexibility index (Phi) is 5.87. The Balaban J connectivity index is 1.51. The molecule has 6 atom stereocenters. The highest BCUT2D eigenvalue weighted by molar-refractivity contribution is 6.58. The number of imide groups is 1. The number of nitrogens with zero attached hydrogens (tertiary/aromatic N) is 1. The SMILES string of the molecule is COC[C@H]1C[C@@H]2C(=O)N(c3cccc(B(O)O)c3)C(=O)[C@@H]2[C@@H]2C[C@@H](c3ccc(CO)o3)O[C@]12O. The summed E-state index contributed by atoms with van der Waals surface area (Å²) in [6, 6.07) is 9.27. The highest BCUT2D eigenvalue weighted by Crippen LogP contribution is 2.58. The lowest BCUT2D eigenvalue weighted by molar-refractivity contribution is -0.276. The number of methoxy groups -OCH3 is 1. The predicted molar refractivity (Wildman–Crippen MR) is 117 cm³/mol. The standard InChI is InChI=1S/C23H26BNO9/c1-32-11-12-7-16-20(17-9-19(34-23(12,17)29)18-6-5-15(10-26)33-18)22(28)25(21(16)27)14-4-2-3-13(8-14)24(30)31/h2-6,8,12,16-17,19-20,26,29-31H,7,9-11H2,1H3/t12-,16+,17+,19+,20+,23-/m1/s1. The van der Waals surface area contributed by atoms with Gasteiger partial charge >= 0.3 is 7.12 Å². The van der Waals surface area contributed by atoms with Crippen molar-refractivity contribution in [3.8, 4) is 0 Å². The third-order valence-electron chi connectivity index (χ3n) is 7.31. The lowest BCUT2D eigenvalue weighted by Gasteiger charge is -2.44. The first-order valence-electron chi connectivity index (χ1n) is 11.2. The fraction of sp³-hybridized carbons (Fsp3) is 0.478. The number of fused-ring (bicyclic) bond motifs is 3. The van der Waals surface area contributed by atoms with Gasteiger partial charge in [0.15, 0.2) is 5.79 Å². The number of anilines is 1. The number of carbonyl (C=O) groups excluding carboxylic acids is 2. The van der Waals surface area contributed by atoms with Crippen LogP contribution in [0.4, 0.5) is 5.69 Å². The monoisotopic (exact) mass is 471 g/mol. The van der Waals surface area contributed by atoms with Crippen molar-refractivity contribution in [1.82, 2.24) is 0 Å². The second-order valence-electron chi connectivity index (χ2n) is 9.16. The maximum atomic E-state index is 13.6. The number of hydrogen-bond acceptors (Lipinski definition) is 9. The molecule has 180 valence electrons. The molecule has 1 aromatic heterocycles. The van der Waals surface area contributed by atoms with E-state index in [2.05, 4.69) is 0 Å². The number of aliphatic hydroxyl groups is 2. The number of rotatable bonds is 6. The molecule has 10 nitrogen and oxygen atoms in total. The van der Waals surface area contributed by atoms with Gasteiger partial charge < -0.3 is 34.2 Å². The molecular formula is C23H26BNO9. The average molecular weight is 471 g/mol. The van der Waals surface area contributed by atoms with Gasteiger partial charge in [0.1, 0.15) is 24.2 Å². The molecule has 0 spiro atoms. The lowest BCUT2D eigenvalue weighted by Crippen LogP contribution is -2.54. The van der Waals surface area contributed by atoms with Gasteiger partial charge in [0, 0.05) is 18.9 Å². The zero-order chi connectivity index (χ0) is 24.2. The minimum Gasteiger partial charge on any atom is -0.461 e. The minimum atomic E-state index is -1.74. The van der Waals surface area contributed by atoms with E-state index in [1.807, 2.05) is 0 Å². The number of benzene rings is 1. The van der Waals surface area contributed by atoms with Crippen molar-refractivity contribution in [2.75, 3.05) is 18.6 Å². The summed E-state index contributed by atoms with van der Waals surface area (Å²) < 4.78 is 17.0. The molecule has 2 saturated heterocycles. The average Bonchev–Trinajstić information content (AvgIpc) is 3.49. The van der Waals surface area contributed by atoms with E-state index in [1.165, 1.54) is 19.2 Å². The number of aliphatic hydroxyl groups excluding tert-OH is 1. The minimum absolute atomic E-state index is 0.136. The molecule has 2 amide bonds. The second-order valence-corrected chi connectivity index (χ2v) is 9.16. The quantitative estimate of drug-likeness (QED) is 0.329. The van der Waals surface area contributed by atoms with Crippen molar-refractivity contribution in [2.45, 2.75) is 31.3 Å². The van der Waals surface area contributed by atoms with Crippen molar-refractivity contribution in [3.05, 3.63) is 47.9 Å². The zero-order valence-electron chi connectivity index (χ0n) is 18.5. The van der Waals surface area contributed by atoms with Gasteiger partial charge in [-0.15, -0.1) is 0 Å². The topological polar surface area (TPSA) is 150 Å². The first kappa shape index (κ1) is 23.2. The van der Waals surface area contributed by atoms with Crippen LogP contribution in [-0.2, 0) is 25.7 Å². The molecule has 1 saturated carbocycles. The van der Waals surface area contributed by atoms with Crippen molar-refractivity contribution in [1.29, 1.82) is 0 Å². The fourth-order valence-corrected chi connectivity index (χ4v) is 5.78. The highest BCUT2D eigenvalue weighted by atomic mass is 16.6. The molecule has 3 aliphatic rings. The summed E-state index contributed by atoms with van der Waals surface area (Å²) in [6.07, 6.45) is -0.210. The molecule has 2 aromatic rings. The van der Waals surface area contributed by atoms with Gasteiger partial charge in [-0.25, -0.2) is 0 Å².